The number of rotatable bonds is 1. The number of alkyl halides is 1. The van der Waals surface area contributed by atoms with E-state index in [0.29, 0.717) is 0 Å². The molecule has 0 aliphatic heterocycles. The van der Waals surface area contributed by atoms with Crippen molar-refractivity contribution in [3.8, 4) is 0 Å². The van der Waals surface area contributed by atoms with Gasteiger partial charge in [0.2, 0.25) is 0 Å². The topological polar surface area (TPSA) is 26.3 Å². The molecular formula is C18H17BrO2. The maximum Gasteiger partial charge on any atom is 0.303 e. The Morgan fingerprint density at radius 1 is 0.952 bits per heavy atom. The summed E-state index contributed by atoms with van der Waals surface area (Å²) in [5.41, 5.74) is 4.76. The number of halogens is 1. The lowest BCUT2D eigenvalue weighted by molar-refractivity contribution is -0.146. The van der Waals surface area contributed by atoms with E-state index in [2.05, 4.69) is 64.5 Å². The van der Waals surface area contributed by atoms with Gasteiger partial charge in [-0.2, -0.15) is 0 Å². The predicted molar refractivity (Wildman–Crippen MR) is 86.5 cm³/mol. The van der Waals surface area contributed by atoms with Gasteiger partial charge < -0.3 is 4.74 Å². The lowest BCUT2D eigenvalue weighted by Crippen LogP contribution is -2.14. The third kappa shape index (κ3) is 3.18. The number of esters is 1. The average molecular weight is 345 g/mol. The molecule has 2 aromatic rings. The zero-order valence-electron chi connectivity index (χ0n) is 11.9. The SMILES string of the molecule is CC(=O)O[C@@H]1c2ccc(cc2)CCc2ccc(cc2)[C@H]1Br. The maximum atomic E-state index is 11.5. The smallest absolute Gasteiger partial charge is 0.303 e. The van der Waals surface area contributed by atoms with Crippen LogP contribution in [0.5, 0.6) is 0 Å². The van der Waals surface area contributed by atoms with E-state index in [1.54, 1.807) is 0 Å². The summed E-state index contributed by atoms with van der Waals surface area (Å²) in [5.74, 6) is -0.266. The normalized spacial score (nSPS) is 20.7. The molecule has 3 heteroatoms. The first-order chi connectivity index (χ1) is 10.1. The monoisotopic (exact) mass is 344 g/mol. The first-order valence-corrected chi connectivity index (χ1v) is 8.04. The molecule has 0 amide bonds. The number of carbonyl (C=O) groups excluding carboxylic acids is 1. The third-order valence-corrected chi connectivity index (χ3v) is 4.88. The molecule has 2 atom stereocenters. The minimum Gasteiger partial charge on any atom is -0.456 e. The van der Waals surface area contributed by atoms with Crippen LogP contribution < -0.4 is 0 Å². The molecule has 21 heavy (non-hydrogen) atoms. The van der Waals surface area contributed by atoms with Crippen molar-refractivity contribution in [2.24, 2.45) is 0 Å². The highest BCUT2D eigenvalue weighted by molar-refractivity contribution is 9.09. The van der Waals surface area contributed by atoms with Crippen LogP contribution in [0.25, 0.3) is 0 Å². The lowest BCUT2D eigenvalue weighted by atomic mass is 9.95. The van der Waals surface area contributed by atoms with Crippen molar-refractivity contribution < 1.29 is 9.53 Å². The highest BCUT2D eigenvalue weighted by Gasteiger charge is 2.25. The minimum atomic E-state index is -0.318. The van der Waals surface area contributed by atoms with E-state index in [9.17, 15) is 4.79 Å². The molecule has 0 fully saturated rings. The van der Waals surface area contributed by atoms with Crippen LogP contribution in [0, 0.1) is 0 Å². The zero-order chi connectivity index (χ0) is 14.8. The second-order valence-corrected chi connectivity index (χ2v) is 6.40. The first-order valence-electron chi connectivity index (χ1n) is 7.12. The summed E-state index contributed by atoms with van der Waals surface area (Å²) in [6.07, 6.45) is 1.75. The largest absolute Gasteiger partial charge is 0.456 e. The van der Waals surface area contributed by atoms with Crippen LogP contribution in [-0.4, -0.2) is 5.97 Å². The van der Waals surface area contributed by atoms with Gasteiger partial charge in [0.25, 0.3) is 0 Å². The van der Waals surface area contributed by atoms with Gasteiger partial charge in [-0.25, -0.2) is 0 Å². The van der Waals surface area contributed by atoms with Gasteiger partial charge in [0.05, 0.1) is 4.83 Å². The molecule has 4 bridgehead atoms. The molecular weight excluding hydrogens is 328 g/mol. The summed E-state index contributed by atoms with van der Waals surface area (Å²) in [5, 5.41) is 0. The van der Waals surface area contributed by atoms with Crippen LogP contribution in [0.1, 0.15) is 40.1 Å². The standard InChI is InChI=1S/C18H17BrO2/c1-12(20)21-18-16-10-6-14(7-11-16)3-2-13-4-8-15(9-5-13)17(18)19/h4-11,17-18H,2-3H2,1H3/t17-,18-/m1/s1. The fraction of sp³-hybridized carbons (Fsp3) is 0.278. The van der Waals surface area contributed by atoms with Crippen LogP contribution in [0.4, 0.5) is 0 Å². The first kappa shape index (κ1) is 14.3. The Hall–Kier alpha value is -1.61. The molecule has 6 rings (SSSR count). The highest BCUT2D eigenvalue weighted by Crippen LogP contribution is 2.39. The van der Waals surface area contributed by atoms with Crippen LogP contribution in [-0.2, 0) is 22.4 Å². The number of benzene rings is 2. The van der Waals surface area contributed by atoms with Crippen molar-refractivity contribution in [1.29, 1.82) is 0 Å². The fourth-order valence-electron chi connectivity index (χ4n) is 2.68. The fourth-order valence-corrected chi connectivity index (χ4v) is 3.40. The van der Waals surface area contributed by atoms with Gasteiger partial charge in [0, 0.05) is 6.92 Å². The zero-order valence-corrected chi connectivity index (χ0v) is 13.5. The molecule has 4 aliphatic carbocycles. The number of aryl methyl sites for hydroxylation is 2. The van der Waals surface area contributed by atoms with E-state index in [0.717, 1.165) is 24.0 Å². The van der Waals surface area contributed by atoms with Gasteiger partial charge in [0.15, 0.2) is 0 Å². The summed E-state index contributed by atoms with van der Waals surface area (Å²) >= 11 is 3.70. The van der Waals surface area contributed by atoms with Crippen LogP contribution in [0.15, 0.2) is 48.5 Å². The quantitative estimate of drug-likeness (QED) is 0.561. The Balaban J connectivity index is 2.06. The van der Waals surface area contributed by atoms with E-state index < -0.39 is 0 Å². The van der Waals surface area contributed by atoms with E-state index in [1.165, 1.54) is 18.1 Å². The molecule has 108 valence electrons. The van der Waals surface area contributed by atoms with Gasteiger partial charge in [-0.15, -0.1) is 0 Å². The van der Waals surface area contributed by atoms with Crippen molar-refractivity contribution in [2.45, 2.75) is 30.7 Å². The lowest BCUT2D eigenvalue weighted by Gasteiger charge is -2.24. The highest BCUT2D eigenvalue weighted by atomic mass is 79.9. The van der Waals surface area contributed by atoms with Crippen molar-refractivity contribution in [1.82, 2.24) is 0 Å². The number of ether oxygens (including phenoxy) is 1. The molecule has 0 saturated carbocycles. The Labute approximate surface area is 133 Å². The molecule has 4 aliphatic rings. The Morgan fingerprint density at radius 2 is 1.43 bits per heavy atom. The Bertz CT molecular complexity index is 631. The maximum absolute atomic E-state index is 11.5. The summed E-state index contributed by atoms with van der Waals surface area (Å²) in [6, 6.07) is 16.9. The van der Waals surface area contributed by atoms with Crippen molar-refractivity contribution in [3.63, 3.8) is 0 Å². The number of hydrogen-bond acceptors (Lipinski definition) is 2. The Morgan fingerprint density at radius 3 is 1.90 bits per heavy atom. The number of hydrogen-bond donors (Lipinski definition) is 0. The predicted octanol–water partition coefficient (Wildman–Crippen LogP) is 4.53. The van der Waals surface area contributed by atoms with Crippen LogP contribution >= 0.6 is 15.9 Å². The summed E-state index contributed by atoms with van der Waals surface area (Å²) < 4.78 is 5.55. The Kier molecular flexibility index (Phi) is 4.11. The third-order valence-electron chi connectivity index (χ3n) is 3.87. The average Bonchev–Trinajstić information content (AvgIpc) is 2.50. The van der Waals surface area contributed by atoms with E-state index in [1.807, 2.05) is 0 Å². The molecule has 0 radical (unpaired) electrons. The van der Waals surface area contributed by atoms with E-state index in [4.69, 9.17) is 4.74 Å². The molecule has 0 aromatic heterocycles. The summed E-state index contributed by atoms with van der Waals surface area (Å²) in [4.78, 5) is 11.4. The van der Waals surface area contributed by atoms with Gasteiger partial charge in [-0.3, -0.25) is 4.79 Å². The second-order valence-electron chi connectivity index (χ2n) is 5.41. The van der Waals surface area contributed by atoms with Gasteiger partial charge >= 0.3 is 5.97 Å². The molecule has 2 aromatic carbocycles. The molecule has 0 spiro atoms. The summed E-state index contributed by atoms with van der Waals surface area (Å²) in [6.45, 7) is 1.45. The molecule has 0 saturated heterocycles. The molecule has 0 N–H and O–H groups in total. The van der Waals surface area contributed by atoms with Crippen molar-refractivity contribution in [3.05, 3.63) is 70.8 Å². The van der Waals surface area contributed by atoms with E-state index >= 15 is 0 Å². The number of carbonyl (C=O) groups is 1. The summed E-state index contributed by atoms with van der Waals surface area (Å²) in [7, 11) is 0. The van der Waals surface area contributed by atoms with Crippen LogP contribution in [0.2, 0.25) is 0 Å². The molecule has 0 unspecified atom stereocenters. The van der Waals surface area contributed by atoms with Gasteiger partial charge in [0.1, 0.15) is 6.10 Å². The van der Waals surface area contributed by atoms with Gasteiger partial charge in [-0.05, 0) is 35.1 Å². The molecule has 0 heterocycles. The van der Waals surface area contributed by atoms with E-state index in [-0.39, 0.29) is 16.9 Å². The van der Waals surface area contributed by atoms with Gasteiger partial charge in [-0.1, -0.05) is 64.5 Å². The minimum absolute atomic E-state index is 0.0549. The van der Waals surface area contributed by atoms with Crippen LogP contribution in [0.3, 0.4) is 0 Å². The van der Waals surface area contributed by atoms with Crippen molar-refractivity contribution >= 4 is 21.9 Å². The molecule has 2 nitrogen and oxygen atoms in total. The van der Waals surface area contributed by atoms with Crippen molar-refractivity contribution in [2.75, 3.05) is 0 Å². The second kappa shape index (κ2) is 6.02.